The van der Waals surface area contributed by atoms with Crippen molar-refractivity contribution in [3.63, 3.8) is 0 Å². The highest BCUT2D eigenvalue weighted by Crippen LogP contribution is 2.35. The number of anilines is 1. The predicted octanol–water partition coefficient (Wildman–Crippen LogP) is 3.43. The highest BCUT2D eigenvalue weighted by molar-refractivity contribution is 9.10. The van der Waals surface area contributed by atoms with Gasteiger partial charge in [-0.2, -0.15) is 0 Å². The maximum Gasteiger partial charge on any atom is 0.250 e. The maximum absolute atomic E-state index is 12.1. The first kappa shape index (κ1) is 15.8. The summed E-state index contributed by atoms with van der Waals surface area (Å²) in [5.41, 5.74) is 2.26. The molecular weight excluding hydrogens is 386 g/mol. The number of benzene rings is 1. The molecule has 0 amide bonds. The van der Waals surface area contributed by atoms with Gasteiger partial charge in [-0.3, -0.25) is 4.79 Å². The van der Waals surface area contributed by atoms with E-state index in [4.69, 9.17) is 12.2 Å². The summed E-state index contributed by atoms with van der Waals surface area (Å²) in [6.45, 7) is 2.56. The zero-order valence-corrected chi connectivity index (χ0v) is 15.5. The van der Waals surface area contributed by atoms with Crippen LogP contribution in [0.3, 0.4) is 0 Å². The van der Waals surface area contributed by atoms with Gasteiger partial charge < -0.3 is 14.8 Å². The van der Waals surface area contributed by atoms with Crippen LogP contribution in [-0.2, 0) is 6.54 Å². The van der Waals surface area contributed by atoms with Gasteiger partial charge >= 0.3 is 0 Å². The molecule has 2 aromatic rings. The van der Waals surface area contributed by atoms with E-state index in [-0.39, 0.29) is 5.56 Å². The van der Waals surface area contributed by atoms with Gasteiger partial charge in [-0.05, 0) is 54.9 Å². The third-order valence-electron chi connectivity index (χ3n) is 4.86. The van der Waals surface area contributed by atoms with E-state index in [1.807, 2.05) is 34.9 Å². The van der Waals surface area contributed by atoms with Crippen LogP contribution in [0.5, 0.6) is 0 Å². The molecule has 1 aromatic heterocycles. The standard InChI is InChI=1S/C18H18BrN3OS/c19-14-4-6-15(7-5-14)20-18(24)21-9-12-8-13(11-21)16-2-1-3-17(23)22(16)10-12/h1-7,12-13H,8-11H2,(H,20,24)/t12-,13+/m1/s1. The highest BCUT2D eigenvalue weighted by atomic mass is 79.9. The number of hydrogen-bond donors (Lipinski definition) is 1. The zero-order chi connectivity index (χ0) is 16.7. The van der Waals surface area contributed by atoms with Gasteiger partial charge in [0.25, 0.3) is 5.56 Å². The Kier molecular flexibility index (Phi) is 4.18. The van der Waals surface area contributed by atoms with Crippen LogP contribution in [0.15, 0.2) is 51.7 Å². The van der Waals surface area contributed by atoms with Crippen LogP contribution in [0.1, 0.15) is 18.0 Å². The van der Waals surface area contributed by atoms with Gasteiger partial charge in [0.15, 0.2) is 5.11 Å². The Morgan fingerprint density at radius 2 is 1.92 bits per heavy atom. The number of fused-ring (bicyclic) bond motifs is 4. The van der Waals surface area contributed by atoms with Crippen molar-refractivity contribution in [3.8, 4) is 0 Å². The Bertz CT molecular complexity index is 833. The first-order chi connectivity index (χ1) is 11.6. The fourth-order valence-corrected chi connectivity index (χ4v) is 4.33. The molecule has 1 aromatic carbocycles. The summed E-state index contributed by atoms with van der Waals surface area (Å²) in [5, 5.41) is 4.09. The molecule has 1 N–H and O–H groups in total. The molecule has 0 unspecified atom stereocenters. The molecule has 3 heterocycles. The normalized spacial score (nSPS) is 22.0. The summed E-state index contributed by atoms with van der Waals surface area (Å²) in [6, 6.07) is 13.6. The highest BCUT2D eigenvalue weighted by Gasteiger charge is 2.35. The molecule has 1 saturated heterocycles. The van der Waals surface area contributed by atoms with E-state index in [2.05, 4.69) is 32.2 Å². The zero-order valence-electron chi connectivity index (χ0n) is 13.1. The molecule has 4 nitrogen and oxygen atoms in total. The van der Waals surface area contributed by atoms with Crippen molar-refractivity contribution in [1.82, 2.24) is 9.47 Å². The van der Waals surface area contributed by atoms with E-state index in [0.29, 0.717) is 11.8 Å². The number of aromatic nitrogens is 1. The van der Waals surface area contributed by atoms with Crippen LogP contribution in [0.25, 0.3) is 0 Å². The minimum absolute atomic E-state index is 0.117. The van der Waals surface area contributed by atoms with E-state index in [0.717, 1.165) is 47.0 Å². The number of rotatable bonds is 1. The number of hydrogen-bond acceptors (Lipinski definition) is 2. The molecule has 2 bridgehead atoms. The second-order valence-corrected chi connectivity index (χ2v) is 7.84. The van der Waals surface area contributed by atoms with Crippen molar-refractivity contribution < 1.29 is 0 Å². The van der Waals surface area contributed by atoms with Crippen LogP contribution in [-0.4, -0.2) is 27.7 Å². The maximum atomic E-state index is 12.1. The smallest absolute Gasteiger partial charge is 0.250 e. The molecular formula is C18H18BrN3OS. The van der Waals surface area contributed by atoms with Gasteiger partial charge in [0.1, 0.15) is 0 Å². The van der Waals surface area contributed by atoms with Crippen LogP contribution >= 0.6 is 28.1 Å². The topological polar surface area (TPSA) is 37.3 Å². The van der Waals surface area contributed by atoms with Gasteiger partial charge in [0, 0.05) is 47.5 Å². The van der Waals surface area contributed by atoms with E-state index in [1.54, 1.807) is 6.07 Å². The largest absolute Gasteiger partial charge is 0.348 e. The summed E-state index contributed by atoms with van der Waals surface area (Å²) in [6.07, 6.45) is 1.14. The fourth-order valence-electron chi connectivity index (χ4n) is 3.80. The van der Waals surface area contributed by atoms with Crippen LogP contribution < -0.4 is 10.9 Å². The summed E-state index contributed by atoms with van der Waals surface area (Å²) < 4.78 is 3.00. The van der Waals surface area contributed by atoms with E-state index in [1.165, 1.54) is 0 Å². The van der Waals surface area contributed by atoms with Crippen molar-refractivity contribution >= 4 is 38.9 Å². The Labute approximate surface area is 154 Å². The van der Waals surface area contributed by atoms with Gasteiger partial charge in [0.2, 0.25) is 0 Å². The number of halogens is 1. The summed E-state index contributed by atoms with van der Waals surface area (Å²) in [7, 11) is 0. The van der Waals surface area contributed by atoms with Crippen molar-refractivity contribution in [3.05, 3.63) is 63.0 Å². The van der Waals surface area contributed by atoms with Gasteiger partial charge in [-0.25, -0.2) is 0 Å². The molecule has 0 aliphatic carbocycles. The molecule has 6 heteroatoms. The average Bonchev–Trinajstić information content (AvgIpc) is 2.58. The molecule has 2 aliphatic heterocycles. The lowest BCUT2D eigenvalue weighted by Crippen LogP contribution is -2.50. The van der Waals surface area contributed by atoms with Crippen LogP contribution in [0, 0.1) is 5.92 Å². The summed E-state index contributed by atoms with van der Waals surface area (Å²) in [4.78, 5) is 14.3. The number of nitrogens with one attached hydrogen (secondary N) is 1. The van der Waals surface area contributed by atoms with Crippen LogP contribution in [0.2, 0.25) is 0 Å². The summed E-state index contributed by atoms with van der Waals surface area (Å²) >= 11 is 9.07. The molecule has 0 spiro atoms. The second-order valence-electron chi connectivity index (χ2n) is 6.54. The number of thiocarbonyl (C=S) groups is 1. The Balaban J connectivity index is 1.52. The monoisotopic (exact) mass is 403 g/mol. The minimum Gasteiger partial charge on any atom is -0.348 e. The predicted molar refractivity (Wildman–Crippen MR) is 103 cm³/mol. The van der Waals surface area contributed by atoms with E-state index >= 15 is 0 Å². The first-order valence-electron chi connectivity index (χ1n) is 8.11. The number of piperidine rings is 1. The Morgan fingerprint density at radius 3 is 2.71 bits per heavy atom. The molecule has 2 atom stereocenters. The number of likely N-dealkylation sites (tertiary alicyclic amines) is 1. The Morgan fingerprint density at radius 1 is 1.12 bits per heavy atom. The minimum atomic E-state index is 0.117. The molecule has 24 heavy (non-hydrogen) atoms. The number of nitrogens with zero attached hydrogens (tertiary/aromatic N) is 2. The lowest BCUT2D eigenvalue weighted by molar-refractivity contribution is 0.180. The number of pyridine rings is 1. The summed E-state index contributed by atoms with van der Waals surface area (Å²) in [5.74, 6) is 0.845. The van der Waals surface area contributed by atoms with E-state index < -0.39 is 0 Å². The quantitative estimate of drug-likeness (QED) is 0.740. The SMILES string of the molecule is O=c1cccc2n1C[C@@H]1C[C@H]2CN(C(=S)Nc2ccc(Br)cc2)C1. The third-order valence-corrected chi connectivity index (χ3v) is 5.75. The fraction of sp³-hybridized carbons (Fsp3) is 0.333. The van der Waals surface area contributed by atoms with Crippen molar-refractivity contribution in [2.45, 2.75) is 18.9 Å². The van der Waals surface area contributed by atoms with Crippen molar-refractivity contribution in [1.29, 1.82) is 0 Å². The van der Waals surface area contributed by atoms with Crippen molar-refractivity contribution in [2.24, 2.45) is 5.92 Å². The van der Waals surface area contributed by atoms with Gasteiger partial charge in [-0.1, -0.05) is 22.0 Å². The lowest BCUT2D eigenvalue weighted by atomic mass is 9.83. The van der Waals surface area contributed by atoms with Crippen LogP contribution in [0.4, 0.5) is 5.69 Å². The van der Waals surface area contributed by atoms with Gasteiger partial charge in [0.05, 0.1) is 0 Å². The van der Waals surface area contributed by atoms with Gasteiger partial charge in [-0.15, -0.1) is 0 Å². The first-order valence-corrected chi connectivity index (χ1v) is 9.31. The van der Waals surface area contributed by atoms with E-state index in [9.17, 15) is 4.79 Å². The molecule has 124 valence electrons. The van der Waals surface area contributed by atoms with Crippen molar-refractivity contribution in [2.75, 3.05) is 18.4 Å². The average molecular weight is 404 g/mol. The molecule has 2 aliphatic rings. The molecule has 0 saturated carbocycles. The molecule has 1 fully saturated rings. The molecule has 0 radical (unpaired) electrons. The molecule has 4 rings (SSSR count). The third kappa shape index (κ3) is 3.00. The lowest BCUT2D eigenvalue weighted by Gasteiger charge is -2.43. The Hall–Kier alpha value is -1.66. The second kappa shape index (κ2) is 6.33.